The first kappa shape index (κ1) is 10.4. The number of ether oxygens (including phenoxy) is 1. The largest absolute Gasteiger partial charge is 0.448 e. The van der Waals surface area contributed by atoms with E-state index < -0.39 is 5.60 Å². The van der Waals surface area contributed by atoms with Crippen LogP contribution in [-0.2, 0) is 9.53 Å². The number of hydrogen-bond acceptors (Lipinski definition) is 4. The van der Waals surface area contributed by atoms with E-state index in [0.29, 0.717) is 6.42 Å². The Kier molecular flexibility index (Phi) is 2.65. The smallest absolute Gasteiger partial charge is 0.294 e. The summed E-state index contributed by atoms with van der Waals surface area (Å²) in [4.78, 5) is 17.7. The lowest BCUT2D eigenvalue weighted by molar-refractivity contribution is -0.131. The van der Waals surface area contributed by atoms with Crippen molar-refractivity contribution in [2.75, 3.05) is 19.6 Å². The monoisotopic (exact) mass is 211 g/mol. The van der Waals surface area contributed by atoms with E-state index in [-0.39, 0.29) is 11.9 Å². The van der Waals surface area contributed by atoms with E-state index in [2.05, 4.69) is 16.8 Å². The van der Waals surface area contributed by atoms with E-state index in [0.717, 1.165) is 32.5 Å². The standard InChI is InChI=1S/C10H17N3O2/c1-2-13-6-3-4-10(5-7-13)8(14)12-9(11)15-10/h2-7H2,1H3,(H2,11,12,14). The van der Waals surface area contributed by atoms with Crippen molar-refractivity contribution in [1.82, 2.24) is 4.90 Å². The van der Waals surface area contributed by atoms with E-state index in [9.17, 15) is 4.79 Å². The Morgan fingerprint density at radius 3 is 2.93 bits per heavy atom. The molecule has 5 heteroatoms. The van der Waals surface area contributed by atoms with Gasteiger partial charge in [-0.2, -0.15) is 4.99 Å². The van der Waals surface area contributed by atoms with Gasteiger partial charge in [-0.3, -0.25) is 4.79 Å². The molecule has 1 unspecified atom stereocenters. The summed E-state index contributed by atoms with van der Waals surface area (Å²) in [6.45, 7) is 5.04. The van der Waals surface area contributed by atoms with Crippen LogP contribution in [0.15, 0.2) is 4.99 Å². The van der Waals surface area contributed by atoms with E-state index >= 15 is 0 Å². The Morgan fingerprint density at radius 2 is 2.33 bits per heavy atom. The second-order valence-corrected chi connectivity index (χ2v) is 4.14. The van der Waals surface area contributed by atoms with Gasteiger partial charge in [0, 0.05) is 13.0 Å². The molecule has 2 heterocycles. The molecule has 2 N–H and O–H groups in total. The lowest BCUT2D eigenvalue weighted by atomic mass is 9.94. The minimum atomic E-state index is -0.742. The number of nitrogens with two attached hydrogens (primary N) is 1. The molecule has 1 spiro atoms. The van der Waals surface area contributed by atoms with Crippen LogP contribution in [0.25, 0.3) is 0 Å². The lowest BCUT2D eigenvalue weighted by Crippen LogP contribution is -2.39. The van der Waals surface area contributed by atoms with Crippen molar-refractivity contribution in [2.24, 2.45) is 10.7 Å². The minimum Gasteiger partial charge on any atom is -0.448 e. The molecule has 5 nitrogen and oxygen atoms in total. The van der Waals surface area contributed by atoms with Crippen molar-refractivity contribution < 1.29 is 9.53 Å². The first-order chi connectivity index (χ1) is 7.16. The van der Waals surface area contributed by atoms with Crippen LogP contribution in [0, 0.1) is 0 Å². The molecule has 2 rings (SSSR count). The highest BCUT2D eigenvalue weighted by atomic mass is 16.5. The van der Waals surface area contributed by atoms with Crippen molar-refractivity contribution >= 4 is 11.9 Å². The van der Waals surface area contributed by atoms with Gasteiger partial charge in [0.05, 0.1) is 0 Å². The Hall–Kier alpha value is -1.10. The Morgan fingerprint density at radius 1 is 1.53 bits per heavy atom. The maximum atomic E-state index is 11.7. The topological polar surface area (TPSA) is 67.9 Å². The molecule has 2 aliphatic heterocycles. The van der Waals surface area contributed by atoms with Crippen LogP contribution < -0.4 is 5.73 Å². The molecule has 15 heavy (non-hydrogen) atoms. The first-order valence-corrected chi connectivity index (χ1v) is 5.46. The van der Waals surface area contributed by atoms with Crippen LogP contribution in [0.4, 0.5) is 0 Å². The molecule has 0 aromatic carbocycles. The third-order valence-corrected chi connectivity index (χ3v) is 3.24. The van der Waals surface area contributed by atoms with Gasteiger partial charge in [0.1, 0.15) is 0 Å². The van der Waals surface area contributed by atoms with Crippen molar-refractivity contribution in [3.05, 3.63) is 0 Å². The fraction of sp³-hybridized carbons (Fsp3) is 0.800. The van der Waals surface area contributed by atoms with Crippen LogP contribution in [0.3, 0.4) is 0 Å². The zero-order chi connectivity index (χ0) is 10.9. The maximum Gasteiger partial charge on any atom is 0.294 e. The van der Waals surface area contributed by atoms with Crippen LogP contribution in [0.2, 0.25) is 0 Å². The number of rotatable bonds is 1. The average Bonchev–Trinajstić information content (AvgIpc) is 2.39. The number of carbonyl (C=O) groups is 1. The Bertz CT molecular complexity index is 303. The Labute approximate surface area is 89.3 Å². The van der Waals surface area contributed by atoms with Crippen LogP contribution in [-0.4, -0.2) is 42.1 Å². The van der Waals surface area contributed by atoms with Crippen molar-refractivity contribution in [3.8, 4) is 0 Å². The molecule has 1 saturated heterocycles. The van der Waals surface area contributed by atoms with Crippen molar-refractivity contribution in [1.29, 1.82) is 0 Å². The molecule has 1 fully saturated rings. The second-order valence-electron chi connectivity index (χ2n) is 4.14. The van der Waals surface area contributed by atoms with Gasteiger partial charge in [0.25, 0.3) is 11.9 Å². The number of amidine groups is 1. The molecule has 0 aromatic heterocycles. The molecule has 1 atom stereocenters. The number of likely N-dealkylation sites (tertiary alicyclic amines) is 1. The van der Waals surface area contributed by atoms with Gasteiger partial charge >= 0.3 is 0 Å². The van der Waals surface area contributed by atoms with E-state index in [1.54, 1.807) is 0 Å². The van der Waals surface area contributed by atoms with Crippen LogP contribution in [0.5, 0.6) is 0 Å². The SMILES string of the molecule is CCN1CCCC2(CC1)OC(N)=NC2=O. The van der Waals surface area contributed by atoms with Gasteiger partial charge in [0.2, 0.25) is 0 Å². The first-order valence-electron chi connectivity index (χ1n) is 5.46. The number of carbonyl (C=O) groups excluding carboxylic acids is 1. The maximum absolute atomic E-state index is 11.7. The third-order valence-electron chi connectivity index (χ3n) is 3.24. The number of amides is 1. The summed E-state index contributed by atoms with van der Waals surface area (Å²) in [6, 6.07) is 0.0324. The normalized spacial score (nSPS) is 32.6. The summed E-state index contributed by atoms with van der Waals surface area (Å²) >= 11 is 0. The van der Waals surface area contributed by atoms with Gasteiger partial charge in [0.15, 0.2) is 5.60 Å². The van der Waals surface area contributed by atoms with E-state index in [4.69, 9.17) is 10.5 Å². The molecule has 0 aromatic rings. The Balaban J connectivity index is 2.08. The van der Waals surface area contributed by atoms with Gasteiger partial charge in [-0.15, -0.1) is 0 Å². The summed E-state index contributed by atoms with van der Waals surface area (Å²) in [5.41, 5.74) is 4.70. The molecule has 0 radical (unpaired) electrons. The van der Waals surface area contributed by atoms with Crippen molar-refractivity contribution in [3.63, 3.8) is 0 Å². The fourth-order valence-electron chi connectivity index (χ4n) is 2.26. The highest BCUT2D eigenvalue weighted by Crippen LogP contribution is 2.31. The van der Waals surface area contributed by atoms with Gasteiger partial charge < -0.3 is 15.4 Å². The average molecular weight is 211 g/mol. The van der Waals surface area contributed by atoms with Crippen molar-refractivity contribution in [2.45, 2.75) is 31.8 Å². The zero-order valence-corrected chi connectivity index (χ0v) is 9.03. The number of hydrogen-bond donors (Lipinski definition) is 1. The zero-order valence-electron chi connectivity index (χ0n) is 9.03. The molecule has 0 saturated carbocycles. The summed E-state index contributed by atoms with van der Waals surface area (Å²) < 4.78 is 5.43. The molecule has 0 aliphatic carbocycles. The quantitative estimate of drug-likeness (QED) is 0.668. The van der Waals surface area contributed by atoms with Crippen LogP contribution >= 0.6 is 0 Å². The van der Waals surface area contributed by atoms with E-state index in [1.807, 2.05) is 0 Å². The lowest BCUT2D eigenvalue weighted by Gasteiger charge is -2.24. The molecule has 84 valence electrons. The molecule has 0 bridgehead atoms. The fourth-order valence-corrected chi connectivity index (χ4v) is 2.26. The summed E-state index contributed by atoms with van der Waals surface area (Å²) in [7, 11) is 0. The molecular weight excluding hydrogens is 194 g/mol. The summed E-state index contributed by atoms with van der Waals surface area (Å²) in [5, 5.41) is 0. The van der Waals surface area contributed by atoms with Gasteiger partial charge in [-0.1, -0.05) is 6.92 Å². The molecule has 1 amide bonds. The number of aliphatic imine (C=N–C) groups is 1. The molecular formula is C10H17N3O2. The third kappa shape index (κ3) is 1.84. The predicted molar refractivity (Wildman–Crippen MR) is 56.4 cm³/mol. The summed E-state index contributed by atoms with van der Waals surface area (Å²) in [6.07, 6.45) is 2.39. The highest BCUT2D eigenvalue weighted by molar-refractivity contribution is 6.00. The van der Waals surface area contributed by atoms with Gasteiger partial charge in [-0.05, 0) is 25.9 Å². The van der Waals surface area contributed by atoms with Gasteiger partial charge in [-0.25, -0.2) is 0 Å². The highest BCUT2D eigenvalue weighted by Gasteiger charge is 2.46. The number of nitrogens with zero attached hydrogens (tertiary/aromatic N) is 2. The second kappa shape index (κ2) is 3.81. The predicted octanol–water partition coefficient (Wildman–Crippen LogP) is 0.102. The summed E-state index contributed by atoms with van der Waals surface area (Å²) in [5.74, 6) is -0.196. The van der Waals surface area contributed by atoms with E-state index in [1.165, 1.54) is 0 Å². The molecule has 2 aliphatic rings. The van der Waals surface area contributed by atoms with Crippen LogP contribution in [0.1, 0.15) is 26.2 Å². The minimum absolute atomic E-state index is 0.0324.